The number of rotatable bonds is 17. The molecule has 0 aromatic heterocycles. The highest BCUT2D eigenvalue weighted by Crippen LogP contribution is 2.44. The molecule has 0 fully saturated rings. The van der Waals surface area contributed by atoms with Gasteiger partial charge in [-0.1, -0.05) is 86.9 Å². The fourth-order valence-corrected chi connectivity index (χ4v) is 12.0. The molecule has 2 aliphatic rings. The van der Waals surface area contributed by atoms with Crippen LogP contribution in [0.1, 0.15) is 54.5 Å². The number of allylic oxidation sites excluding steroid dienone is 5. The van der Waals surface area contributed by atoms with Crippen molar-refractivity contribution >= 4 is 63.6 Å². The van der Waals surface area contributed by atoms with Crippen molar-refractivity contribution < 1.29 is 9.59 Å². The van der Waals surface area contributed by atoms with E-state index in [0.717, 1.165) is 42.9 Å². The van der Waals surface area contributed by atoms with Crippen molar-refractivity contribution in [3.05, 3.63) is 160 Å². The Labute approximate surface area is 374 Å². The largest absolute Gasteiger partial charge is 0.388 e. The maximum absolute atomic E-state index is 12.1. The van der Waals surface area contributed by atoms with Gasteiger partial charge in [0.15, 0.2) is 0 Å². The highest BCUT2D eigenvalue weighted by atomic mass is 28.3. The lowest BCUT2D eigenvalue weighted by Crippen LogP contribution is -2.49. The zero-order chi connectivity index (χ0) is 44.8. The Morgan fingerprint density at radius 1 is 0.683 bits per heavy atom. The van der Waals surface area contributed by atoms with Gasteiger partial charge in [0.05, 0.1) is 5.71 Å². The minimum Gasteiger partial charge on any atom is -0.388 e. The number of fused-ring (bicyclic) bond motifs is 4. The van der Waals surface area contributed by atoms with E-state index in [4.69, 9.17) is 0 Å². The molecule has 9 heteroatoms. The summed E-state index contributed by atoms with van der Waals surface area (Å²) < 4.78 is 0. The molecule has 5 N–H and O–H groups in total. The lowest BCUT2D eigenvalue weighted by atomic mass is 9.85. The summed E-state index contributed by atoms with van der Waals surface area (Å²) in [5.41, 5.74) is 14.4. The Bertz CT molecular complexity index is 2770. The van der Waals surface area contributed by atoms with Crippen LogP contribution in [0.3, 0.4) is 0 Å². The Morgan fingerprint density at radius 3 is 1.87 bits per heavy atom. The summed E-state index contributed by atoms with van der Waals surface area (Å²) >= 11 is 0. The zero-order valence-electron chi connectivity index (χ0n) is 38.1. The molecule has 0 atom stereocenters. The quantitative estimate of drug-likeness (QED) is 0.0278. The Hall–Kier alpha value is -6.13. The van der Waals surface area contributed by atoms with Crippen molar-refractivity contribution in [2.75, 3.05) is 45.6 Å². The van der Waals surface area contributed by atoms with E-state index in [1.165, 1.54) is 76.5 Å². The molecular formula is C54H62N6O2Si. The molecule has 5 aromatic rings. The standard InChI is InChI=1S/C54H62N6O2Si/c1-34(2)53(61)59-26-12-24-57-32-48-41-14-10-11-15-42(41)49(33-58-25-13-27-60-54(62)35(3)4)47-29-38(18-21-43(47)48)37-17-16-36(5)46(28-37)52-44-22-19-39(55-6)30-50(44)63(8,9)51-31-40(56-7)20-23-45(51)52/h10-11,14-23,28-31,55,57-58H,1,3,12-13,24-27,32-33H2,2,4-9H3,(H,59,61)(H,60,62). The van der Waals surface area contributed by atoms with Gasteiger partial charge in [-0.2, -0.15) is 0 Å². The first-order chi connectivity index (χ1) is 30.3. The van der Waals surface area contributed by atoms with E-state index >= 15 is 0 Å². The predicted molar refractivity (Wildman–Crippen MR) is 270 cm³/mol. The Balaban J connectivity index is 1.30. The van der Waals surface area contributed by atoms with Gasteiger partial charge >= 0.3 is 0 Å². The van der Waals surface area contributed by atoms with Crippen LogP contribution >= 0.6 is 0 Å². The van der Waals surface area contributed by atoms with Crippen LogP contribution in [0.4, 0.5) is 5.69 Å². The highest BCUT2D eigenvalue weighted by molar-refractivity contribution is 6.98. The van der Waals surface area contributed by atoms with E-state index in [1.807, 2.05) is 14.1 Å². The minimum absolute atomic E-state index is 0.105. The van der Waals surface area contributed by atoms with E-state index in [-0.39, 0.29) is 11.8 Å². The normalized spacial score (nSPS) is 14.7. The van der Waals surface area contributed by atoms with Crippen molar-refractivity contribution in [2.45, 2.75) is 59.8 Å². The van der Waals surface area contributed by atoms with Gasteiger partial charge in [0.25, 0.3) is 0 Å². The van der Waals surface area contributed by atoms with Crippen molar-refractivity contribution in [1.29, 1.82) is 0 Å². The van der Waals surface area contributed by atoms with Gasteiger partial charge < -0.3 is 26.6 Å². The lowest BCUT2D eigenvalue weighted by Gasteiger charge is -2.38. The first kappa shape index (κ1) is 44.9. The summed E-state index contributed by atoms with van der Waals surface area (Å²) in [5, 5.41) is 24.4. The van der Waals surface area contributed by atoms with E-state index in [9.17, 15) is 9.59 Å². The third-order valence-electron chi connectivity index (χ3n) is 12.6. The number of nitrogens with zero attached hydrogens (tertiary/aromatic N) is 1. The molecule has 0 saturated heterocycles. The van der Waals surface area contributed by atoms with E-state index < -0.39 is 8.07 Å². The Morgan fingerprint density at radius 2 is 1.27 bits per heavy atom. The number of aliphatic imine (C=N–C) groups is 1. The number of hydrogen-bond acceptors (Lipinski definition) is 6. The zero-order valence-corrected chi connectivity index (χ0v) is 39.1. The lowest BCUT2D eigenvalue weighted by molar-refractivity contribution is -0.118. The molecule has 2 amide bonds. The fraction of sp³-hybridized carbons (Fsp3) is 0.278. The molecule has 5 aromatic carbocycles. The average Bonchev–Trinajstić information content (AvgIpc) is 3.28. The van der Waals surface area contributed by atoms with Gasteiger partial charge in [-0.05, 0) is 165 Å². The number of aryl methyl sites for hydroxylation is 1. The van der Waals surface area contributed by atoms with E-state index in [0.29, 0.717) is 37.3 Å². The minimum atomic E-state index is -2.09. The number of hydrogen-bond donors (Lipinski definition) is 5. The van der Waals surface area contributed by atoms with Crippen molar-refractivity contribution in [1.82, 2.24) is 21.3 Å². The number of amides is 2. The second kappa shape index (κ2) is 19.5. The number of anilines is 1. The SMILES string of the molecule is C=C(C)C(=O)NCCCNCc1c2ccccc2c(CNCCCNC(=O)C(=C)C)c2cc(-c3ccc(C)c(C4=C5C=CC(=NC)C=C5[Si](C)(C)c5cc(NC)ccc54)c3)ccc12. The molecule has 0 spiro atoms. The summed E-state index contributed by atoms with van der Waals surface area (Å²) in [4.78, 5) is 28.7. The van der Waals surface area contributed by atoms with Crippen LogP contribution in [-0.4, -0.2) is 65.9 Å². The molecule has 7 rings (SSSR count). The molecule has 0 saturated carbocycles. The van der Waals surface area contributed by atoms with Gasteiger partial charge in [-0.3, -0.25) is 14.6 Å². The first-order valence-electron chi connectivity index (χ1n) is 22.1. The number of nitrogens with one attached hydrogen (secondary N) is 5. The summed E-state index contributed by atoms with van der Waals surface area (Å²) in [6.45, 7) is 22.2. The van der Waals surface area contributed by atoms with Crippen molar-refractivity contribution in [2.24, 2.45) is 4.99 Å². The molecule has 1 aliphatic heterocycles. The summed E-state index contributed by atoms with van der Waals surface area (Å²) in [7, 11) is 1.78. The van der Waals surface area contributed by atoms with Crippen LogP contribution in [0.5, 0.6) is 0 Å². The molecule has 8 nitrogen and oxygen atoms in total. The monoisotopic (exact) mass is 854 g/mol. The summed E-state index contributed by atoms with van der Waals surface area (Å²) in [6.07, 6.45) is 8.39. The molecule has 0 bridgehead atoms. The predicted octanol–water partition coefficient (Wildman–Crippen LogP) is 9.19. The molecule has 0 radical (unpaired) electrons. The van der Waals surface area contributed by atoms with Gasteiger partial charge in [-0.25, -0.2) is 0 Å². The van der Waals surface area contributed by atoms with E-state index in [1.54, 1.807) is 13.8 Å². The molecule has 324 valence electrons. The molecule has 1 heterocycles. The van der Waals surface area contributed by atoms with Gasteiger partial charge in [0.2, 0.25) is 11.8 Å². The van der Waals surface area contributed by atoms with Gasteiger partial charge in [0, 0.05) is 57.1 Å². The number of carbonyl (C=O) groups is 2. The van der Waals surface area contributed by atoms with Crippen LogP contribution in [0.25, 0.3) is 38.2 Å². The highest BCUT2D eigenvalue weighted by Gasteiger charge is 2.40. The average molecular weight is 855 g/mol. The third kappa shape index (κ3) is 9.47. The molecule has 0 unspecified atom stereocenters. The van der Waals surface area contributed by atoms with Crippen molar-refractivity contribution in [3.8, 4) is 11.1 Å². The van der Waals surface area contributed by atoms with Gasteiger partial charge in [-0.15, -0.1) is 0 Å². The molecule has 1 aliphatic carbocycles. The fourth-order valence-electron chi connectivity index (χ4n) is 8.97. The van der Waals surface area contributed by atoms with E-state index in [2.05, 4.69) is 162 Å². The second-order valence-electron chi connectivity index (χ2n) is 17.4. The number of carbonyl (C=O) groups excluding carboxylic acids is 2. The van der Waals surface area contributed by atoms with Crippen LogP contribution in [0, 0.1) is 6.92 Å². The first-order valence-corrected chi connectivity index (χ1v) is 25.1. The van der Waals surface area contributed by atoms with Gasteiger partial charge in [0.1, 0.15) is 8.07 Å². The molecule has 63 heavy (non-hydrogen) atoms. The maximum Gasteiger partial charge on any atom is 0.246 e. The van der Waals surface area contributed by atoms with Crippen LogP contribution < -0.4 is 31.8 Å². The summed E-state index contributed by atoms with van der Waals surface area (Å²) in [5.74, 6) is -0.211. The summed E-state index contributed by atoms with van der Waals surface area (Å²) in [6, 6.07) is 29.5. The van der Waals surface area contributed by atoms with Crippen LogP contribution in [-0.2, 0) is 22.7 Å². The number of benzene rings is 5. The topological polar surface area (TPSA) is 107 Å². The van der Waals surface area contributed by atoms with Crippen molar-refractivity contribution in [3.63, 3.8) is 0 Å². The smallest absolute Gasteiger partial charge is 0.246 e. The maximum atomic E-state index is 12.1. The molecular weight excluding hydrogens is 793 g/mol. The van der Waals surface area contributed by atoms with Crippen LogP contribution in [0.15, 0.2) is 137 Å². The van der Waals surface area contributed by atoms with Crippen LogP contribution in [0.2, 0.25) is 13.1 Å². The third-order valence-corrected chi connectivity index (χ3v) is 16.1. The Kier molecular flexibility index (Phi) is 13.9. The second-order valence-corrected chi connectivity index (χ2v) is 21.7.